The molecule has 0 unspecified atom stereocenters. The van der Waals surface area contributed by atoms with E-state index in [4.69, 9.17) is 27.9 Å². The fourth-order valence-electron chi connectivity index (χ4n) is 2.39. The predicted octanol–water partition coefficient (Wildman–Crippen LogP) is 4.89. The van der Waals surface area contributed by atoms with Gasteiger partial charge in [0.1, 0.15) is 11.3 Å². The molecule has 0 heterocycles. The quantitative estimate of drug-likeness (QED) is 0.521. The second-order valence-corrected chi connectivity index (χ2v) is 6.18. The molecule has 3 aromatic rings. The molecule has 0 amide bonds. The van der Waals surface area contributed by atoms with Crippen LogP contribution in [-0.2, 0) is 4.74 Å². The minimum atomic E-state index is -0.790. The number of phenolic OH excluding ortho intramolecular Hbond substituents is 1. The molecule has 0 aliphatic heterocycles. The molecule has 0 radical (unpaired) electrons. The van der Waals surface area contributed by atoms with Gasteiger partial charge in [-0.05, 0) is 41.1 Å². The van der Waals surface area contributed by atoms with E-state index in [-0.39, 0.29) is 21.9 Å². The van der Waals surface area contributed by atoms with E-state index >= 15 is 0 Å². The molecule has 0 aliphatic rings. The molecular formula is C19H12Cl2O4. The van der Waals surface area contributed by atoms with Crippen molar-refractivity contribution >= 4 is 45.7 Å². The monoisotopic (exact) mass is 374 g/mol. The van der Waals surface area contributed by atoms with Crippen molar-refractivity contribution < 1.29 is 19.4 Å². The number of esters is 1. The zero-order valence-corrected chi connectivity index (χ0v) is 14.3. The number of fused-ring (bicyclic) bond motifs is 1. The Labute approximate surface area is 153 Å². The Morgan fingerprint density at radius 2 is 1.60 bits per heavy atom. The first-order valence-corrected chi connectivity index (χ1v) is 8.08. The van der Waals surface area contributed by atoms with E-state index in [0.29, 0.717) is 5.02 Å². The number of halogens is 2. The number of carbonyl (C=O) groups excluding carboxylic acids is 2. The summed E-state index contributed by atoms with van der Waals surface area (Å²) in [6.45, 7) is -0.494. The van der Waals surface area contributed by atoms with Crippen molar-refractivity contribution in [3.8, 4) is 5.75 Å². The third-order valence-corrected chi connectivity index (χ3v) is 4.20. The summed E-state index contributed by atoms with van der Waals surface area (Å²) in [5.41, 5.74) is 0.204. The van der Waals surface area contributed by atoms with Crippen LogP contribution in [-0.4, -0.2) is 23.5 Å². The molecule has 0 saturated carbocycles. The van der Waals surface area contributed by atoms with Gasteiger partial charge in [-0.25, -0.2) is 4.79 Å². The van der Waals surface area contributed by atoms with Crippen LogP contribution >= 0.6 is 23.2 Å². The first-order chi connectivity index (χ1) is 12.0. The van der Waals surface area contributed by atoms with Gasteiger partial charge in [0, 0.05) is 10.6 Å². The highest BCUT2D eigenvalue weighted by atomic mass is 35.5. The van der Waals surface area contributed by atoms with Gasteiger partial charge < -0.3 is 9.84 Å². The minimum absolute atomic E-state index is 0.00583. The van der Waals surface area contributed by atoms with E-state index in [1.54, 1.807) is 0 Å². The number of hydrogen-bond acceptors (Lipinski definition) is 4. The van der Waals surface area contributed by atoms with Gasteiger partial charge in [0.25, 0.3) is 0 Å². The Kier molecular flexibility index (Phi) is 4.93. The third-order valence-electron chi connectivity index (χ3n) is 3.65. The van der Waals surface area contributed by atoms with Gasteiger partial charge in [-0.2, -0.15) is 0 Å². The Morgan fingerprint density at radius 3 is 2.28 bits per heavy atom. The van der Waals surface area contributed by atoms with E-state index in [0.717, 1.165) is 10.8 Å². The average molecular weight is 375 g/mol. The van der Waals surface area contributed by atoms with Crippen molar-refractivity contribution in [2.45, 2.75) is 0 Å². The standard InChI is InChI=1S/C19H12Cl2O4/c20-13-5-6-14(16(21)9-13)18(23)10-25-19(24)15-7-11-3-1-2-4-12(11)8-17(15)22/h1-9,22H,10H2. The Morgan fingerprint density at radius 1 is 0.920 bits per heavy atom. The van der Waals surface area contributed by atoms with Gasteiger partial charge in [-0.1, -0.05) is 47.5 Å². The van der Waals surface area contributed by atoms with Crippen molar-refractivity contribution in [3.05, 3.63) is 75.8 Å². The van der Waals surface area contributed by atoms with Crippen LogP contribution < -0.4 is 0 Å². The zero-order chi connectivity index (χ0) is 18.0. The zero-order valence-electron chi connectivity index (χ0n) is 12.8. The predicted molar refractivity (Wildman–Crippen MR) is 96.7 cm³/mol. The Hall–Kier alpha value is -2.56. The lowest BCUT2D eigenvalue weighted by Crippen LogP contribution is -2.14. The molecule has 0 aromatic heterocycles. The summed E-state index contributed by atoms with van der Waals surface area (Å²) in [4.78, 5) is 24.3. The molecule has 1 N–H and O–H groups in total. The van der Waals surface area contributed by atoms with Gasteiger partial charge in [-0.3, -0.25) is 4.79 Å². The van der Waals surface area contributed by atoms with Crippen molar-refractivity contribution in [1.82, 2.24) is 0 Å². The van der Waals surface area contributed by atoms with Gasteiger partial charge in [0.05, 0.1) is 5.02 Å². The van der Waals surface area contributed by atoms with Gasteiger partial charge >= 0.3 is 5.97 Å². The first kappa shape index (κ1) is 17.3. The second-order valence-electron chi connectivity index (χ2n) is 5.34. The molecule has 0 bridgehead atoms. The summed E-state index contributed by atoms with van der Waals surface area (Å²) in [5.74, 6) is -1.46. The van der Waals surface area contributed by atoms with Crippen LogP contribution in [0.25, 0.3) is 10.8 Å². The number of carbonyl (C=O) groups is 2. The van der Waals surface area contributed by atoms with Crippen LogP contribution in [0, 0.1) is 0 Å². The van der Waals surface area contributed by atoms with Crippen LogP contribution in [0.4, 0.5) is 0 Å². The van der Waals surface area contributed by atoms with E-state index in [1.807, 2.05) is 24.3 Å². The van der Waals surface area contributed by atoms with Crippen molar-refractivity contribution in [2.75, 3.05) is 6.61 Å². The number of aromatic hydroxyl groups is 1. The average Bonchev–Trinajstić information content (AvgIpc) is 2.58. The highest BCUT2D eigenvalue weighted by Crippen LogP contribution is 2.26. The molecule has 6 heteroatoms. The first-order valence-electron chi connectivity index (χ1n) is 7.33. The lowest BCUT2D eigenvalue weighted by Gasteiger charge is -2.08. The Balaban J connectivity index is 1.76. The van der Waals surface area contributed by atoms with Gasteiger partial charge in [-0.15, -0.1) is 0 Å². The lowest BCUT2D eigenvalue weighted by atomic mass is 10.1. The molecule has 3 rings (SSSR count). The van der Waals surface area contributed by atoms with Crippen LogP contribution in [0.1, 0.15) is 20.7 Å². The number of Topliss-reactive ketones (excluding diaryl/α,β-unsaturated/α-hetero) is 1. The van der Waals surface area contributed by atoms with Crippen molar-refractivity contribution in [1.29, 1.82) is 0 Å². The molecular weight excluding hydrogens is 363 g/mol. The summed E-state index contributed by atoms with van der Waals surface area (Å²) in [6, 6.07) is 14.7. The molecule has 0 fully saturated rings. The van der Waals surface area contributed by atoms with Crippen LogP contribution in [0.5, 0.6) is 5.75 Å². The summed E-state index contributed by atoms with van der Waals surface area (Å²) in [7, 11) is 0. The Bertz CT molecular complexity index is 982. The van der Waals surface area contributed by atoms with E-state index < -0.39 is 18.4 Å². The maximum absolute atomic E-state index is 12.2. The molecule has 25 heavy (non-hydrogen) atoms. The molecule has 3 aromatic carbocycles. The van der Waals surface area contributed by atoms with Crippen molar-refractivity contribution in [3.63, 3.8) is 0 Å². The minimum Gasteiger partial charge on any atom is -0.507 e. The van der Waals surface area contributed by atoms with Crippen LogP contribution in [0.2, 0.25) is 10.0 Å². The SMILES string of the molecule is O=C(OCC(=O)c1ccc(Cl)cc1Cl)c1cc2ccccc2cc1O. The number of phenols is 1. The summed E-state index contributed by atoms with van der Waals surface area (Å²) < 4.78 is 5.02. The molecule has 0 spiro atoms. The number of ketones is 1. The number of rotatable bonds is 4. The highest BCUT2D eigenvalue weighted by Gasteiger charge is 2.17. The third kappa shape index (κ3) is 3.76. The van der Waals surface area contributed by atoms with Gasteiger partial charge in [0.15, 0.2) is 6.61 Å². The molecule has 4 nitrogen and oxygen atoms in total. The van der Waals surface area contributed by atoms with Crippen LogP contribution in [0.15, 0.2) is 54.6 Å². The molecule has 0 aliphatic carbocycles. The highest BCUT2D eigenvalue weighted by molar-refractivity contribution is 6.36. The molecule has 0 saturated heterocycles. The number of benzene rings is 3. The number of hydrogen-bond donors (Lipinski definition) is 1. The van der Waals surface area contributed by atoms with E-state index in [9.17, 15) is 14.7 Å². The fourth-order valence-corrected chi connectivity index (χ4v) is 2.91. The fraction of sp³-hybridized carbons (Fsp3) is 0.0526. The largest absolute Gasteiger partial charge is 0.507 e. The van der Waals surface area contributed by atoms with Gasteiger partial charge in [0.2, 0.25) is 5.78 Å². The number of ether oxygens (including phenoxy) is 1. The van der Waals surface area contributed by atoms with Crippen LogP contribution in [0.3, 0.4) is 0 Å². The van der Waals surface area contributed by atoms with E-state index in [2.05, 4.69) is 0 Å². The molecule has 126 valence electrons. The lowest BCUT2D eigenvalue weighted by molar-refractivity contribution is 0.0472. The molecule has 0 atom stereocenters. The van der Waals surface area contributed by atoms with Crippen molar-refractivity contribution in [2.24, 2.45) is 0 Å². The normalized spacial score (nSPS) is 10.6. The van der Waals surface area contributed by atoms with E-state index in [1.165, 1.54) is 30.3 Å². The topological polar surface area (TPSA) is 63.6 Å². The smallest absolute Gasteiger partial charge is 0.342 e. The summed E-state index contributed by atoms with van der Waals surface area (Å²) in [6.07, 6.45) is 0. The second kappa shape index (κ2) is 7.13. The summed E-state index contributed by atoms with van der Waals surface area (Å²) in [5, 5.41) is 12.2. The maximum Gasteiger partial charge on any atom is 0.342 e. The maximum atomic E-state index is 12.2. The summed E-state index contributed by atoms with van der Waals surface area (Å²) >= 11 is 11.7.